The second kappa shape index (κ2) is 7.01. The van der Waals surface area contributed by atoms with Crippen LogP contribution in [0.15, 0.2) is 24.3 Å². The minimum Gasteiger partial charge on any atom is -0.394 e. The van der Waals surface area contributed by atoms with Crippen molar-refractivity contribution >= 4 is 11.6 Å². The van der Waals surface area contributed by atoms with E-state index in [0.29, 0.717) is 12.2 Å². The summed E-state index contributed by atoms with van der Waals surface area (Å²) in [6.45, 7) is 2.17. The van der Waals surface area contributed by atoms with E-state index in [1.807, 2.05) is 12.1 Å². The number of rotatable bonds is 6. The topological polar surface area (TPSA) is 84.6 Å². The van der Waals surface area contributed by atoms with Gasteiger partial charge in [-0.2, -0.15) is 0 Å². The zero-order chi connectivity index (χ0) is 12.7. The summed E-state index contributed by atoms with van der Waals surface area (Å²) in [4.78, 5) is 11.6. The van der Waals surface area contributed by atoms with E-state index in [9.17, 15) is 4.79 Å². The van der Waals surface area contributed by atoms with Gasteiger partial charge in [0, 0.05) is 12.2 Å². The van der Waals surface area contributed by atoms with Gasteiger partial charge < -0.3 is 20.9 Å². The van der Waals surface area contributed by atoms with Crippen molar-refractivity contribution in [3.8, 4) is 0 Å². The lowest BCUT2D eigenvalue weighted by molar-refractivity contribution is -0.126. The van der Waals surface area contributed by atoms with Crippen LogP contribution in [0.25, 0.3) is 0 Å². The van der Waals surface area contributed by atoms with Gasteiger partial charge in [-0.05, 0) is 24.6 Å². The minimum absolute atomic E-state index is 0.0944. The molecule has 5 nitrogen and oxygen atoms in total. The normalized spacial score (nSPS) is 12.2. The number of hydrogen-bond acceptors (Lipinski definition) is 4. The fourth-order valence-electron chi connectivity index (χ4n) is 1.27. The van der Waals surface area contributed by atoms with Gasteiger partial charge in [0.2, 0.25) is 0 Å². The van der Waals surface area contributed by atoms with E-state index < -0.39 is 6.10 Å². The van der Waals surface area contributed by atoms with E-state index in [1.165, 1.54) is 0 Å². The molecule has 1 amide bonds. The molecule has 0 aliphatic rings. The molecule has 1 aromatic carbocycles. The smallest absolute Gasteiger partial charge is 0.253 e. The molecule has 0 heterocycles. The molecule has 0 fully saturated rings. The molecule has 5 heteroatoms. The molecule has 94 valence electrons. The highest BCUT2D eigenvalue weighted by Gasteiger charge is 2.12. The van der Waals surface area contributed by atoms with Gasteiger partial charge in [-0.1, -0.05) is 12.1 Å². The summed E-state index contributed by atoms with van der Waals surface area (Å²) in [6, 6.07) is 7.29. The number of hydrogen-bond donors (Lipinski definition) is 3. The molecule has 1 unspecified atom stereocenters. The van der Waals surface area contributed by atoms with Crippen molar-refractivity contribution in [3.63, 3.8) is 0 Å². The van der Waals surface area contributed by atoms with Gasteiger partial charge in [-0.15, -0.1) is 0 Å². The van der Waals surface area contributed by atoms with Gasteiger partial charge in [-0.3, -0.25) is 4.79 Å². The van der Waals surface area contributed by atoms with Gasteiger partial charge in [0.05, 0.1) is 13.2 Å². The number of ether oxygens (including phenoxy) is 1. The lowest BCUT2D eigenvalue weighted by Gasteiger charge is -2.12. The second-order valence-corrected chi connectivity index (χ2v) is 3.63. The lowest BCUT2D eigenvalue weighted by atomic mass is 10.2. The van der Waals surface area contributed by atoms with Crippen molar-refractivity contribution in [2.45, 2.75) is 19.6 Å². The maximum absolute atomic E-state index is 11.6. The Morgan fingerprint density at radius 2 is 2.12 bits per heavy atom. The summed E-state index contributed by atoms with van der Waals surface area (Å²) in [5.74, 6) is -0.237. The van der Waals surface area contributed by atoms with E-state index in [1.54, 1.807) is 19.1 Å². The fraction of sp³-hybridized carbons (Fsp3) is 0.417. The molecule has 0 aliphatic heterocycles. The summed E-state index contributed by atoms with van der Waals surface area (Å²) < 4.78 is 5.09. The largest absolute Gasteiger partial charge is 0.394 e. The van der Waals surface area contributed by atoms with Gasteiger partial charge in [0.25, 0.3) is 5.91 Å². The van der Waals surface area contributed by atoms with Crippen LogP contribution >= 0.6 is 0 Å². The first-order chi connectivity index (χ1) is 8.17. The Kier molecular flexibility index (Phi) is 5.62. The van der Waals surface area contributed by atoms with Crippen molar-refractivity contribution in [1.29, 1.82) is 0 Å². The zero-order valence-electron chi connectivity index (χ0n) is 9.85. The average molecular weight is 238 g/mol. The number of anilines is 1. The van der Waals surface area contributed by atoms with E-state index in [2.05, 4.69) is 5.32 Å². The molecule has 0 saturated heterocycles. The van der Waals surface area contributed by atoms with Crippen LogP contribution < -0.4 is 11.1 Å². The Labute approximate surface area is 101 Å². The predicted octanol–water partition coefficient (Wildman–Crippen LogP) is 0.481. The summed E-state index contributed by atoms with van der Waals surface area (Å²) in [5, 5.41) is 11.3. The molecule has 0 aliphatic carbocycles. The number of amides is 1. The first-order valence-corrected chi connectivity index (χ1v) is 5.49. The van der Waals surface area contributed by atoms with Crippen LogP contribution in [0.1, 0.15) is 12.5 Å². The molecular formula is C12H18N2O3. The summed E-state index contributed by atoms with van der Waals surface area (Å²) >= 11 is 0. The van der Waals surface area contributed by atoms with Crippen molar-refractivity contribution in [2.24, 2.45) is 5.73 Å². The molecule has 0 spiro atoms. The summed E-state index contributed by atoms with van der Waals surface area (Å²) in [7, 11) is 0. The number of benzene rings is 1. The molecule has 1 rings (SSSR count). The first-order valence-electron chi connectivity index (χ1n) is 5.49. The molecule has 4 N–H and O–H groups in total. The monoisotopic (exact) mass is 238 g/mol. The molecule has 17 heavy (non-hydrogen) atoms. The first kappa shape index (κ1) is 13.6. The van der Waals surface area contributed by atoms with Crippen molar-refractivity contribution in [1.82, 2.24) is 0 Å². The van der Waals surface area contributed by atoms with Crippen LogP contribution in [-0.4, -0.2) is 30.3 Å². The summed E-state index contributed by atoms with van der Waals surface area (Å²) in [6.07, 6.45) is -0.587. The van der Waals surface area contributed by atoms with Crippen LogP contribution in [0.4, 0.5) is 5.69 Å². The van der Waals surface area contributed by atoms with Crippen LogP contribution in [-0.2, 0) is 16.1 Å². The zero-order valence-corrected chi connectivity index (χ0v) is 9.85. The minimum atomic E-state index is -0.587. The SMILES string of the molecule is CC(OCCO)C(=O)Nc1ccc(CN)cc1. The highest BCUT2D eigenvalue weighted by atomic mass is 16.5. The fourth-order valence-corrected chi connectivity index (χ4v) is 1.27. The molecular weight excluding hydrogens is 220 g/mol. The second-order valence-electron chi connectivity index (χ2n) is 3.63. The van der Waals surface area contributed by atoms with E-state index in [-0.39, 0.29) is 19.1 Å². The predicted molar refractivity (Wildman–Crippen MR) is 65.5 cm³/mol. The molecule has 0 radical (unpaired) electrons. The third-order valence-electron chi connectivity index (χ3n) is 2.29. The van der Waals surface area contributed by atoms with E-state index in [0.717, 1.165) is 5.56 Å². The number of aliphatic hydroxyl groups is 1. The molecule has 0 aromatic heterocycles. The Balaban J connectivity index is 2.49. The quantitative estimate of drug-likeness (QED) is 0.673. The Morgan fingerprint density at radius 1 is 1.47 bits per heavy atom. The van der Waals surface area contributed by atoms with Gasteiger partial charge in [0.15, 0.2) is 0 Å². The molecule has 1 aromatic rings. The Morgan fingerprint density at radius 3 is 2.65 bits per heavy atom. The maximum Gasteiger partial charge on any atom is 0.253 e. The van der Waals surface area contributed by atoms with E-state index >= 15 is 0 Å². The van der Waals surface area contributed by atoms with Gasteiger partial charge >= 0.3 is 0 Å². The van der Waals surface area contributed by atoms with E-state index in [4.69, 9.17) is 15.6 Å². The number of aliphatic hydroxyl groups excluding tert-OH is 1. The third kappa shape index (κ3) is 4.52. The number of nitrogens with one attached hydrogen (secondary N) is 1. The Hall–Kier alpha value is -1.43. The van der Waals surface area contributed by atoms with Gasteiger partial charge in [-0.25, -0.2) is 0 Å². The lowest BCUT2D eigenvalue weighted by Crippen LogP contribution is -2.28. The maximum atomic E-state index is 11.6. The average Bonchev–Trinajstić information content (AvgIpc) is 2.36. The highest BCUT2D eigenvalue weighted by molar-refractivity contribution is 5.93. The third-order valence-corrected chi connectivity index (χ3v) is 2.29. The number of nitrogens with two attached hydrogens (primary N) is 1. The van der Waals surface area contributed by atoms with Crippen molar-refractivity contribution in [2.75, 3.05) is 18.5 Å². The molecule has 0 saturated carbocycles. The number of carbonyl (C=O) groups excluding carboxylic acids is 1. The highest BCUT2D eigenvalue weighted by Crippen LogP contribution is 2.09. The van der Waals surface area contributed by atoms with Crippen LogP contribution in [0.2, 0.25) is 0 Å². The number of carbonyl (C=O) groups is 1. The molecule has 0 bridgehead atoms. The van der Waals surface area contributed by atoms with Crippen LogP contribution in [0.5, 0.6) is 0 Å². The van der Waals surface area contributed by atoms with Gasteiger partial charge in [0.1, 0.15) is 6.10 Å². The van der Waals surface area contributed by atoms with Crippen molar-refractivity contribution in [3.05, 3.63) is 29.8 Å². The van der Waals surface area contributed by atoms with Crippen LogP contribution in [0.3, 0.4) is 0 Å². The van der Waals surface area contributed by atoms with Crippen molar-refractivity contribution < 1.29 is 14.6 Å². The van der Waals surface area contributed by atoms with Crippen LogP contribution in [0, 0.1) is 0 Å². The standard InChI is InChI=1S/C12H18N2O3/c1-9(17-7-6-15)12(16)14-11-4-2-10(8-13)3-5-11/h2-5,9,15H,6-8,13H2,1H3,(H,14,16). The molecule has 1 atom stereocenters. The Bertz CT molecular complexity index is 351. The summed E-state index contributed by atoms with van der Waals surface area (Å²) in [5.41, 5.74) is 7.18.